The standard InChI is InChI=1S/C13H18N2O/c1-10(11-5-3-2-4-6-11)9-15-8-7-12(14)13(15)16/h2-6,10,12H,7-9,14H2,1H3. The highest BCUT2D eigenvalue weighted by Gasteiger charge is 2.29. The van der Waals surface area contributed by atoms with Crippen LogP contribution in [-0.4, -0.2) is 29.9 Å². The number of likely N-dealkylation sites (tertiary alicyclic amines) is 1. The van der Waals surface area contributed by atoms with Crippen molar-refractivity contribution in [1.29, 1.82) is 0 Å². The van der Waals surface area contributed by atoms with Crippen molar-refractivity contribution in [1.82, 2.24) is 4.90 Å². The maximum atomic E-state index is 11.7. The van der Waals surface area contributed by atoms with Gasteiger partial charge >= 0.3 is 0 Å². The van der Waals surface area contributed by atoms with Crippen LogP contribution >= 0.6 is 0 Å². The summed E-state index contributed by atoms with van der Waals surface area (Å²) in [5, 5.41) is 0. The lowest BCUT2D eigenvalue weighted by Crippen LogP contribution is -2.35. The van der Waals surface area contributed by atoms with Crippen molar-refractivity contribution in [2.24, 2.45) is 5.73 Å². The Morgan fingerprint density at radius 1 is 1.44 bits per heavy atom. The molecule has 1 fully saturated rings. The van der Waals surface area contributed by atoms with E-state index in [0.29, 0.717) is 5.92 Å². The molecule has 0 radical (unpaired) electrons. The van der Waals surface area contributed by atoms with Crippen molar-refractivity contribution < 1.29 is 4.79 Å². The molecule has 2 atom stereocenters. The van der Waals surface area contributed by atoms with Crippen LogP contribution in [0.15, 0.2) is 30.3 Å². The van der Waals surface area contributed by atoms with Crippen molar-refractivity contribution in [3.63, 3.8) is 0 Å². The third-order valence-corrected chi connectivity index (χ3v) is 3.20. The average molecular weight is 218 g/mol. The molecular formula is C13H18N2O. The summed E-state index contributed by atoms with van der Waals surface area (Å²) in [5.74, 6) is 0.471. The summed E-state index contributed by atoms with van der Waals surface area (Å²) in [6.07, 6.45) is 0.792. The summed E-state index contributed by atoms with van der Waals surface area (Å²) in [4.78, 5) is 13.6. The van der Waals surface area contributed by atoms with E-state index in [1.807, 2.05) is 23.1 Å². The van der Waals surface area contributed by atoms with Crippen molar-refractivity contribution in [3.05, 3.63) is 35.9 Å². The highest BCUT2D eigenvalue weighted by atomic mass is 16.2. The summed E-state index contributed by atoms with van der Waals surface area (Å²) in [6, 6.07) is 10.00. The van der Waals surface area contributed by atoms with Crippen LogP contribution in [0.4, 0.5) is 0 Å². The van der Waals surface area contributed by atoms with Gasteiger partial charge in [0.05, 0.1) is 6.04 Å². The monoisotopic (exact) mass is 218 g/mol. The number of rotatable bonds is 3. The molecule has 0 spiro atoms. The van der Waals surface area contributed by atoms with Gasteiger partial charge in [-0.15, -0.1) is 0 Å². The zero-order valence-corrected chi connectivity index (χ0v) is 9.60. The van der Waals surface area contributed by atoms with E-state index in [1.165, 1.54) is 5.56 Å². The number of hydrogen-bond donors (Lipinski definition) is 1. The first-order chi connectivity index (χ1) is 7.68. The maximum absolute atomic E-state index is 11.7. The molecule has 2 rings (SSSR count). The molecule has 0 aromatic heterocycles. The van der Waals surface area contributed by atoms with Crippen LogP contribution in [0.5, 0.6) is 0 Å². The Balaban J connectivity index is 1.98. The third kappa shape index (κ3) is 2.25. The van der Waals surface area contributed by atoms with Gasteiger partial charge in [0.1, 0.15) is 0 Å². The fourth-order valence-electron chi connectivity index (χ4n) is 2.16. The number of amides is 1. The zero-order valence-electron chi connectivity index (χ0n) is 9.60. The van der Waals surface area contributed by atoms with Gasteiger partial charge in [0.15, 0.2) is 0 Å². The summed E-state index contributed by atoms with van der Waals surface area (Å²) >= 11 is 0. The van der Waals surface area contributed by atoms with Gasteiger partial charge < -0.3 is 10.6 Å². The molecule has 1 saturated heterocycles. The smallest absolute Gasteiger partial charge is 0.239 e. The second-order valence-corrected chi connectivity index (χ2v) is 4.49. The third-order valence-electron chi connectivity index (χ3n) is 3.20. The lowest BCUT2D eigenvalue weighted by Gasteiger charge is -2.21. The Morgan fingerprint density at radius 2 is 2.12 bits per heavy atom. The van der Waals surface area contributed by atoms with Gasteiger partial charge in [0.25, 0.3) is 0 Å². The molecule has 0 bridgehead atoms. The normalized spacial score (nSPS) is 22.5. The van der Waals surface area contributed by atoms with E-state index in [4.69, 9.17) is 5.73 Å². The van der Waals surface area contributed by atoms with Crippen LogP contribution in [0.3, 0.4) is 0 Å². The Morgan fingerprint density at radius 3 is 2.69 bits per heavy atom. The van der Waals surface area contributed by atoms with E-state index in [0.717, 1.165) is 19.5 Å². The minimum atomic E-state index is -0.275. The summed E-state index contributed by atoms with van der Waals surface area (Å²) in [7, 11) is 0. The predicted molar refractivity (Wildman–Crippen MR) is 64.0 cm³/mol. The molecular weight excluding hydrogens is 200 g/mol. The molecule has 1 aromatic rings. The fraction of sp³-hybridized carbons (Fsp3) is 0.462. The van der Waals surface area contributed by atoms with Crippen LogP contribution in [0.25, 0.3) is 0 Å². The first-order valence-electron chi connectivity index (χ1n) is 5.78. The largest absolute Gasteiger partial charge is 0.341 e. The van der Waals surface area contributed by atoms with E-state index >= 15 is 0 Å². The minimum Gasteiger partial charge on any atom is -0.341 e. The zero-order chi connectivity index (χ0) is 11.5. The fourth-order valence-corrected chi connectivity index (χ4v) is 2.16. The van der Waals surface area contributed by atoms with Gasteiger partial charge in [-0.25, -0.2) is 0 Å². The highest BCUT2D eigenvalue weighted by molar-refractivity contribution is 5.83. The lowest BCUT2D eigenvalue weighted by molar-refractivity contribution is -0.128. The van der Waals surface area contributed by atoms with E-state index in [9.17, 15) is 4.79 Å². The molecule has 86 valence electrons. The van der Waals surface area contributed by atoms with Crippen LogP contribution in [0.2, 0.25) is 0 Å². The highest BCUT2D eigenvalue weighted by Crippen LogP contribution is 2.19. The number of carbonyl (C=O) groups excluding carboxylic acids is 1. The molecule has 3 heteroatoms. The molecule has 1 aliphatic heterocycles. The quantitative estimate of drug-likeness (QED) is 0.832. The molecule has 2 unspecified atom stereocenters. The molecule has 16 heavy (non-hydrogen) atoms. The van der Waals surface area contributed by atoms with Crippen molar-refractivity contribution >= 4 is 5.91 Å². The lowest BCUT2D eigenvalue weighted by atomic mass is 10.0. The number of benzene rings is 1. The van der Waals surface area contributed by atoms with Crippen LogP contribution in [0, 0.1) is 0 Å². The summed E-state index contributed by atoms with van der Waals surface area (Å²) < 4.78 is 0. The molecule has 0 saturated carbocycles. The first-order valence-corrected chi connectivity index (χ1v) is 5.78. The molecule has 1 aliphatic rings. The molecule has 0 aliphatic carbocycles. The van der Waals surface area contributed by atoms with E-state index in [-0.39, 0.29) is 11.9 Å². The van der Waals surface area contributed by atoms with E-state index < -0.39 is 0 Å². The molecule has 1 amide bonds. The number of nitrogens with two attached hydrogens (primary N) is 1. The van der Waals surface area contributed by atoms with Crippen molar-refractivity contribution in [2.45, 2.75) is 25.3 Å². The van der Waals surface area contributed by atoms with Gasteiger partial charge in [0, 0.05) is 13.1 Å². The minimum absolute atomic E-state index is 0.0998. The number of carbonyl (C=O) groups is 1. The van der Waals surface area contributed by atoms with Gasteiger partial charge in [-0.05, 0) is 17.9 Å². The van der Waals surface area contributed by atoms with Crippen LogP contribution in [-0.2, 0) is 4.79 Å². The van der Waals surface area contributed by atoms with Gasteiger partial charge in [0.2, 0.25) is 5.91 Å². The second-order valence-electron chi connectivity index (χ2n) is 4.49. The Kier molecular flexibility index (Phi) is 3.25. The van der Waals surface area contributed by atoms with Gasteiger partial charge in [-0.2, -0.15) is 0 Å². The van der Waals surface area contributed by atoms with E-state index in [2.05, 4.69) is 19.1 Å². The summed E-state index contributed by atoms with van der Waals surface area (Å²) in [5.41, 5.74) is 6.97. The number of nitrogens with zero attached hydrogens (tertiary/aromatic N) is 1. The summed E-state index contributed by atoms with van der Waals surface area (Å²) in [6.45, 7) is 3.72. The molecule has 1 heterocycles. The Bertz CT molecular complexity index is 363. The van der Waals surface area contributed by atoms with E-state index in [1.54, 1.807) is 0 Å². The molecule has 2 N–H and O–H groups in total. The molecule has 3 nitrogen and oxygen atoms in total. The number of hydrogen-bond acceptors (Lipinski definition) is 2. The van der Waals surface area contributed by atoms with Crippen LogP contribution in [0.1, 0.15) is 24.8 Å². The Labute approximate surface area is 96.2 Å². The SMILES string of the molecule is CC(CN1CCC(N)C1=O)c1ccccc1. The van der Waals surface area contributed by atoms with Gasteiger partial charge in [-0.3, -0.25) is 4.79 Å². The second kappa shape index (κ2) is 4.66. The van der Waals surface area contributed by atoms with Gasteiger partial charge in [-0.1, -0.05) is 37.3 Å². The maximum Gasteiger partial charge on any atom is 0.239 e. The topological polar surface area (TPSA) is 46.3 Å². The van der Waals surface area contributed by atoms with Crippen LogP contribution < -0.4 is 5.73 Å². The first kappa shape index (κ1) is 11.1. The Hall–Kier alpha value is -1.35. The van der Waals surface area contributed by atoms with Crippen molar-refractivity contribution in [3.8, 4) is 0 Å². The average Bonchev–Trinajstić information content (AvgIpc) is 2.62. The predicted octanol–water partition coefficient (Wildman–Crippen LogP) is 1.35. The molecule has 1 aromatic carbocycles. The van der Waals surface area contributed by atoms with Crippen molar-refractivity contribution in [2.75, 3.05) is 13.1 Å².